The number of carbonyl (C=O) groups is 1. The Labute approximate surface area is 129 Å². The molecule has 120 valence electrons. The van der Waals surface area contributed by atoms with Crippen molar-refractivity contribution in [2.24, 2.45) is 5.92 Å². The molecule has 0 radical (unpaired) electrons. The van der Waals surface area contributed by atoms with E-state index in [4.69, 9.17) is 4.74 Å². The Kier molecular flexibility index (Phi) is 4.97. The normalized spacial score (nSPS) is 21.5. The van der Waals surface area contributed by atoms with Crippen molar-refractivity contribution in [3.05, 3.63) is 33.9 Å². The second-order valence-corrected chi connectivity index (χ2v) is 5.52. The highest BCUT2D eigenvalue weighted by Crippen LogP contribution is 2.30. The summed E-state index contributed by atoms with van der Waals surface area (Å²) in [5.41, 5.74) is 0.941. The summed E-state index contributed by atoms with van der Waals surface area (Å²) >= 11 is 0. The number of hydrogen-bond donors (Lipinski definition) is 1. The van der Waals surface area contributed by atoms with Gasteiger partial charge < -0.3 is 15.0 Å². The first-order chi connectivity index (χ1) is 10.5. The third kappa shape index (κ3) is 3.19. The SMILES string of the molecule is CNC(=O)c1cc([N+](=O)[O-])ccc1N1CCC(C)C(OC)C1. The molecule has 1 heterocycles. The first kappa shape index (κ1) is 16.2. The highest BCUT2D eigenvalue weighted by Gasteiger charge is 2.29. The van der Waals surface area contributed by atoms with E-state index in [0.717, 1.165) is 13.0 Å². The Balaban J connectivity index is 2.37. The highest BCUT2D eigenvalue weighted by molar-refractivity contribution is 6.00. The van der Waals surface area contributed by atoms with E-state index in [0.29, 0.717) is 23.7 Å². The second kappa shape index (κ2) is 6.74. The van der Waals surface area contributed by atoms with Gasteiger partial charge in [-0.2, -0.15) is 0 Å². The minimum absolute atomic E-state index is 0.0847. The molecule has 0 bridgehead atoms. The van der Waals surface area contributed by atoms with Crippen molar-refractivity contribution in [2.75, 3.05) is 32.1 Å². The Bertz CT molecular complexity index is 576. The van der Waals surface area contributed by atoms with Crippen LogP contribution >= 0.6 is 0 Å². The molecule has 1 aliphatic rings. The van der Waals surface area contributed by atoms with Gasteiger partial charge >= 0.3 is 0 Å². The number of piperidine rings is 1. The van der Waals surface area contributed by atoms with Gasteiger partial charge in [-0.15, -0.1) is 0 Å². The number of rotatable bonds is 4. The lowest BCUT2D eigenvalue weighted by Crippen LogP contribution is -2.44. The summed E-state index contributed by atoms with van der Waals surface area (Å²) in [4.78, 5) is 24.6. The topological polar surface area (TPSA) is 84.7 Å². The maximum absolute atomic E-state index is 12.1. The zero-order chi connectivity index (χ0) is 16.3. The van der Waals surface area contributed by atoms with Gasteiger partial charge in [0.25, 0.3) is 11.6 Å². The van der Waals surface area contributed by atoms with Crippen molar-refractivity contribution in [1.82, 2.24) is 5.32 Å². The molecule has 7 heteroatoms. The molecule has 1 aromatic rings. The minimum atomic E-state index is -0.494. The maximum Gasteiger partial charge on any atom is 0.270 e. The first-order valence-electron chi connectivity index (χ1n) is 7.26. The third-order valence-electron chi connectivity index (χ3n) is 4.20. The number of anilines is 1. The lowest BCUT2D eigenvalue weighted by Gasteiger charge is -2.38. The molecular weight excluding hydrogens is 286 g/mol. The van der Waals surface area contributed by atoms with Crippen LogP contribution in [0.1, 0.15) is 23.7 Å². The molecule has 1 aliphatic heterocycles. The van der Waals surface area contributed by atoms with Crippen LogP contribution in [0.4, 0.5) is 11.4 Å². The van der Waals surface area contributed by atoms with Crippen LogP contribution in [0.2, 0.25) is 0 Å². The van der Waals surface area contributed by atoms with E-state index in [9.17, 15) is 14.9 Å². The van der Waals surface area contributed by atoms with Crippen LogP contribution in [0.3, 0.4) is 0 Å². The largest absolute Gasteiger partial charge is 0.379 e. The number of nitro groups is 1. The Hall–Kier alpha value is -2.15. The average molecular weight is 307 g/mol. The first-order valence-corrected chi connectivity index (χ1v) is 7.26. The van der Waals surface area contributed by atoms with Gasteiger partial charge in [0.05, 0.1) is 22.3 Å². The summed E-state index contributed by atoms with van der Waals surface area (Å²) in [5.74, 6) is 0.119. The Morgan fingerprint density at radius 1 is 1.50 bits per heavy atom. The molecule has 0 aromatic heterocycles. The molecule has 0 aliphatic carbocycles. The lowest BCUT2D eigenvalue weighted by molar-refractivity contribution is -0.384. The highest BCUT2D eigenvalue weighted by atomic mass is 16.6. The van der Waals surface area contributed by atoms with E-state index in [1.165, 1.54) is 19.2 Å². The summed E-state index contributed by atoms with van der Waals surface area (Å²) in [6.45, 7) is 3.60. The monoisotopic (exact) mass is 307 g/mol. The average Bonchev–Trinajstić information content (AvgIpc) is 2.54. The second-order valence-electron chi connectivity index (χ2n) is 5.52. The standard InChI is InChI=1S/C15H21N3O4/c1-10-6-7-17(9-14(10)22-3)13-5-4-11(18(20)21)8-12(13)15(19)16-2/h4-5,8,10,14H,6-7,9H2,1-3H3,(H,16,19). The molecule has 2 unspecified atom stereocenters. The third-order valence-corrected chi connectivity index (χ3v) is 4.20. The molecular formula is C15H21N3O4. The van der Waals surface area contributed by atoms with E-state index in [1.807, 2.05) is 0 Å². The van der Waals surface area contributed by atoms with Crippen molar-refractivity contribution < 1.29 is 14.5 Å². The van der Waals surface area contributed by atoms with Gasteiger partial charge in [-0.25, -0.2) is 0 Å². The van der Waals surface area contributed by atoms with Gasteiger partial charge in [0.15, 0.2) is 0 Å². The molecule has 7 nitrogen and oxygen atoms in total. The zero-order valence-electron chi connectivity index (χ0n) is 13.0. The molecule has 1 aromatic carbocycles. The quantitative estimate of drug-likeness (QED) is 0.677. The lowest BCUT2D eigenvalue weighted by atomic mass is 9.94. The van der Waals surface area contributed by atoms with Crippen molar-refractivity contribution in [1.29, 1.82) is 0 Å². The van der Waals surface area contributed by atoms with Crippen LogP contribution in [-0.4, -0.2) is 44.2 Å². The van der Waals surface area contributed by atoms with Gasteiger partial charge in [-0.05, 0) is 18.4 Å². The Morgan fingerprint density at radius 3 is 2.82 bits per heavy atom. The molecule has 2 atom stereocenters. The summed E-state index contributed by atoms with van der Waals surface area (Å²) in [6.07, 6.45) is 1.03. The fourth-order valence-electron chi connectivity index (χ4n) is 2.79. The van der Waals surface area contributed by atoms with Crippen LogP contribution in [0.5, 0.6) is 0 Å². The predicted octanol–water partition coefficient (Wildman–Crippen LogP) is 1.82. The number of nitro benzene ring substituents is 1. The van der Waals surface area contributed by atoms with Crippen molar-refractivity contribution in [3.63, 3.8) is 0 Å². The molecule has 0 spiro atoms. The fraction of sp³-hybridized carbons (Fsp3) is 0.533. The summed E-state index contributed by atoms with van der Waals surface area (Å²) in [6, 6.07) is 4.40. The van der Waals surface area contributed by atoms with Crippen LogP contribution in [-0.2, 0) is 4.74 Å². The molecule has 22 heavy (non-hydrogen) atoms. The Morgan fingerprint density at radius 2 is 2.23 bits per heavy atom. The smallest absolute Gasteiger partial charge is 0.270 e. The van der Waals surface area contributed by atoms with Crippen LogP contribution < -0.4 is 10.2 Å². The van der Waals surface area contributed by atoms with Crippen LogP contribution in [0.15, 0.2) is 18.2 Å². The number of hydrogen-bond acceptors (Lipinski definition) is 5. The number of ether oxygens (including phenoxy) is 1. The van der Waals surface area contributed by atoms with Crippen molar-refractivity contribution >= 4 is 17.3 Å². The molecule has 1 N–H and O–H groups in total. The number of nitrogens with one attached hydrogen (secondary N) is 1. The molecule has 0 saturated carbocycles. The zero-order valence-corrected chi connectivity index (χ0v) is 13.0. The summed E-state index contributed by atoms with van der Waals surface area (Å²) < 4.78 is 5.49. The van der Waals surface area contributed by atoms with E-state index in [1.54, 1.807) is 13.2 Å². The summed E-state index contributed by atoms with van der Waals surface area (Å²) in [7, 11) is 3.20. The van der Waals surface area contributed by atoms with E-state index in [-0.39, 0.29) is 17.7 Å². The van der Waals surface area contributed by atoms with Crippen molar-refractivity contribution in [3.8, 4) is 0 Å². The summed E-state index contributed by atoms with van der Waals surface area (Å²) in [5, 5.41) is 13.5. The van der Waals surface area contributed by atoms with Gasteiger partial charge in [-0.1, -0.05) is 6.92 Å². The number of carbonyl (C=O) groups excluding carboxylic acids is 1. The fourth-order valence-corrected chi connectivity index (χ4v) is 2.79. The molecule has 1 fully saturated rings. The maximum atomic E-state index is 12.1. The number of amides is 1. The van der Waals surface area contributed by atoms with E-state index in [2.05, 4.69) is 17.1 Å². The molecule has 1 amide bonds. The van der Waals surface area contributed by atoms with Crippen LogP contribution in [0.25, 0.3) is 0 Å². The molecule has 1 saturated heterocycles. The van der Waals surface area contributed by atoms with Gasteiger partial charge in [0.2, 0.25) is 0 Å². The number of non-ortho nitro benzene ring substituents is 1. The van der Waals surface area contributed by atoms with Crippen LogP contribution in [0, 0.1) is 16.0 Å². The van der Waals surface area contributed by atoms with E-state index < -0.39 is 4.92 Å². The number of methoxy groups -OCH3 is 1. The van der Waals surface area contributed by atoms with Gasteiger partial charge in [-0.3, -0.25) is 14.9 Å². The van der Waals surface area contributed by atoms with Gasteiger partial charge in [0.1, 0.15) is 0 Å². The van der Waals surface area contributed by atoms with E-state index >= 15 is 0 Å². The minimum Gasteiger partial charge on any atom is -0.379 e. The molecule has 2 rings (SSSR count). The van der Waals surface area contributed by atoms with Gasteiger partial charge in [0, 0.05) is 39.4 Å². The number of nitrogens with zero attached hydrogens (tertiary/aromatic N) is 2. The number of benzene rings is 1. The van der Waals surface area contributed by atoms with Crippen molar-refractivity contribution in [2.45, 2.75) is 19.4 Å². The predicted molar refractivity (Wildman–Crippen MR) is 83.3 cm³/mol.